The maximum Gasteiger partial charge on any atom is 0.256 e. The Morgan fingerprint density at radius 3 is 2.39 bits per heavy atom. The number of amides is 1. The van der Waals surface area contributed by atoms with Gasteiger partial charge in [0.1, 0.15) is 5.82 Å². The average molecular weight is 343 g/mol. The fourth-order valence-electron chi connectivity index (χ4n) is 2.83. The predicted octanol–water partition coefficient (Wildman–Crippen LogP) is 2.79. The van der Waals surface area contributed by atoms with Gasteiger partial charge in [0.25, 0.3) is 5.91 Å². The van der Waals surface area contributed by atoms with Gasteiger partial charge in [0.15, 0.2) is 0 Å². The first-order chi connectivity index (χ1) is 10.9. The standard InChI is InChI=1S/C17H24ClFN2O2/c1-3-17(23,4-2)12-20-7-9-21(10-8-20)16(22)14-6-5-13(18)11-15(14)19/h5-6,11,23H,3-4,7-10,12H2,1-2H3. The Bertz CT molecular complexity index is 556. The highest BCUT2D eigenvalue weighted by Gasteiger charge is 2.29. The summed E-state index contributed by atoms with van der Waals surface area (Å²) in [6, 6.07) is 4.11. The van der Waals surface area contributed by atoms with E-state index in [2.05, 4.69) is 4.90 Å². The van der Waals surface area contributed by atoms with E-state index in [1.165, 1.54) is 12.1 Å². The van der Waals surface area contributed by atoms with Crippen LogP contribution in [0.5, 0.6) is 0 Å². The molecule has 1 aliphatic rings. The topological polar surface area (TPSA) is 43.8 Å². The highest BCUT2D eigenvalue weighted by atomic mass is 35.5. The summed E-state index contributed by atoms with van der Waals surface area (Å²) in [6.07, 6.45) is 1.41. The number of carbonyl (C=O) groups excluding carboxylic acids is 1. The Balaban J connectivity index is 1.95. The van der Waals surface area contributed by atoms with Crippen LogP contribution < -0.4 is 0 Å². The third-order valence-electron chi connectivity index (χ3n) is 4.66. The third-order valence-corrected chi connectivity index (χ3v) is 4.89. The summed E-state index contributed by atoms with van der Waals surface area (Å²) in [6.45, 7) is 7.00. The van der Waals surface area contributed by atoms with Gasteiger partial charge in [0.05, 0.1) is 11.2 Å². The number of hydrogen-bond acceptors (Lipinski definition) is 3. The van der Waals surface area contributed by atoms with Crippen LogP contribution in [0.1, 0.15) is 37.0 Å². The zero-order chi connectivity index (χ0) is 17.0. The van der Waals surface area contributed by atoms with E-state index in [4.69, 9.17) is 11.6 Å². The first-order valence-corrected chi connectivity index (χ1v) is 8.45. The van der Waals surface area contributed by atoms with Crippen molar-refractivity contribution < 1.29 is 14.3 Å². The number of benzene rings is 1. The molecular weight excluding hydrogens is 319 g/mol. The lowest BCUT2D eigenvalue weighted by molar-refractivity contribution is -0.0139. The zero-order valence-electron chi connectivity index (χ0n) is 13.7. The van der Waals surface area contributed by atoms with E-state index in [0.29, 0.717) is 45.6 Å². The first kappa shape index (κ1) is 18.2. The van der Waals surface area contributed by atoms with Gasteiger partial charge in [-0.15, -0.1) is 0 Å². The second kappa shape index (κ2) is 7.60. The summed E-state index contributed by atoms with van der Waals surface area (Å²) in [5.74, 6) is -0.892. The van der Waals surface area contributed by atoms with Crippen molar-refractivity contribution in [2.45, 2.75) is 32.3 Å². The van der Waals surface area contributed by atoms with Crippen LogP contribution in [-0.2, 0) is 0 Å². The molecule has 0 saturated carbocycles. The van der Waals surface area contributed by atoms with Gasteiger partial charge in [0.2, 0.25) is 0 Å². The average Bonchev–Trinajstić information content (AvgIpc) is 2.55. The van der Waals surface area contributed by atoms with Crippen LogP contribution in [0.25, 0.3) is 0 Å². The van der Waals surface area contributed by atoms with E-state index >= 15 is 0 Å². The molecule has 128 valence electrons. The lowest BCUT2D eigenvalue weighted by Gasteiger charge is -2.39. The summed E-state index contributed by atoms with van der Waals surface area (Å²) in [7, 11) is 0. The molecule has 23 heavy (non-hydrogen) atoms. The Morgan fingerprint density at radius 2 is 1.87 bits per heavy atom. The molecule has 1 N–H and O–H groups in total. The molecule has 4 nitrogen and oxygen atoms in total. The van der Waals surface area contributed by atoms with Crippen LogP contribution in [0.15, 0.2) is 18.2 Å². The molecule has 0 unspecified atom stereocenters. The van der Waals surface area contributed by atoms with Crippen LogP contribution in [0.2, 0.25) is 5.02 Å². The maximum atomic E-state index is 13.9. The van der Waals surface area contributed by atoms with Gasteiger partial charge < -0.3 is 10.0 Å². The van der Waals surface area contributed by atoms with Crippen molar-refractivity contribution in [2.75, 3.05) is 32.7 Å². The van der Waals surface area contributed by atoms with Gasteiger partial charge in [-0.1, -0.05) is 25.4 Å². The summed E-state index contributed by atoms with van der Waals surface area (Å²) in [5, 5.41) is 10.7. The number of aliphatic hydroxyl groups is 1. The molecule has 1 fully saturated rings. The van der Waals surface area contributed by atoms with Crippen LogP contribution in [-0.4, -0.2) is 59.1 Å². The molecule has 1 heterocycles. The number of rotatable bonds is 5. The Kier molecular flexibility index (Phi) is 6.00. The smallest absolute Gasteiger partial charge is 0.256 e. The van der Waals surface area contributed by atoms with Crippen LogP contribution in [0.3, 0.4) is 0 Å². The van der Waals surface area contributed by atoms with Crippen molar-refractivity contribution in [1.82, 2.24) is 9.80 Å². The predicted molar refractivity (Wildman–Crippen MR) is 89.3 cm³/mol. The largest absolute Gasteiger partial charge is 0.389 e. The van der Waals surface area contributed by atoms with Crippen molar-refractivity contribution in [3.8, 4) is 0 Å². The minimum Gasteiger partial charge on any atom is -0.389 e. The van der Waals surface area contributed by atoms with E-state index in [9.17, 15) is 14.3 Å². The number of halogens is 2. The molecule has 1 aliphatic heterocycles. The highest BCUT2D eigenvalue weighted by molar-refractivity contribution is 6.30. The molecule has 2 rings (SSSR count). The summed E-state index contributed by atoms with van der Waals surface area (Å²) in [4.78, 5) is 16.2. The number of hydrogen-bond donors (Lipinski definition) is 1. The van der Waals surface area contributed by atoms with Crippen molar-refractivity contribution in [2.24, 2.45) is 0 Å². The van der Waals surface area contributed by atoms with Crippen LogP contribution >= 0.6 is 11.6 Å². The lowest BCUT2D eigenvalue weighted by Crippen LogP contribution is -2.53. The second-order valence-electron chi connectivity index (χ2n) is 6.12. The Morgan fingerprint density at radius 1 is 1.26 bits per heavy atom. The summed E-state index contributed by atoms with van der Waals surface area (Å²) in [5.41, 5.74) is -0.615. The lowest BCUT2D eigenvalue weighted by atomic mass is 9.96. The van der Waals surface area contributed by atoms with Gasteiger partial charge in [-0.2, -0.15) is 0 Å². The molecule has 6 heteroatoms. The minimum atomic E-state index is -0.672. The monoisotopic (exact) mass is 342 g/mol. The van der Waals surface area contributed by atoms with E-state index in [1.54, 1.807) is 4.90 Å². The van der Waals surface area contributed by atoms with E-state index < -0.39 is 11.4 Å². The minimum absolute atomic E-state index is 0.0569. The van der Waals surface area contributed by atoms with Crippen LogP contribution in [0.4, 0.5) is 4.39 Å². The van der Waals surface area contributed by atoms with E-state index in [1.807, 2.05) is 13.8 Å². The number of nitrogens with zero attached hydrogens (tertiary/aromatic N) is 2. The van der Waals surface area contributed by atoms with Gasteiger partial charge in [-0.25, -0.2) is 4.39 Å². The fraction of sp³-hybridized carbons (Fsp3) is 0.588. The SMILES string of the molecule is CCC(O)(CC)CN1CCN(C(=O)c2ccc(Cl)cc2F)CC1. The van der Waals surface area contributed by atoms with E-state index in [-0.39, 0.29) is 16.5 Å². The highest BCUT2D eigenvalue weighted by Crippen LogP contribution is 2.20. The summed E-state index contributed by atoms with van der Waals surface area (Å²) >= 11 is 5.72. The van der Waals surface area contributed by atoms with Gasteiger partial charge >= 0.3 is 0 Å². The summed E-state index contributed by atoms with van der Waals surface area (Å²) < 4.78 is 13.9. The normalized spacial score (nSPS) is 16.7. The molecule has 0 atom stereocenters. The van der Waals surface area contributed by atoms with Gasteiger partial charge in [-0.05, 0) is 31.0 Å². The fourth-order valence-corrected chi connectivity index (χ4v) is 2.99. The molecule has 1 aromatic rings. The van der Waals surface area contributed by atoms with Gasteiger partial charge in [-0.3, -0.25) is 9.69 Å². The molecular formula is C17H24ClFN2O2. The third kappa shape index (κ3) is 4.43. The molecule has 1 saturated heterocycles. The number of carbonyl (C=O) groups is 1. The van der Waals surface area contributed by atoms with Crippen molar-refractivity contribution in [3.05, 3.63) is 34.6 Å². The maximum absolute atomic E-state index is 13.9. The molecule has 0 radical (unpaired) electrons. The van der Waals surface area contributed by atoms with Crippen molar-refractivity contribution >= 4 is 17.5 Å². The Labute approximate surface area is 141 Å². The van der Waals surface area contributed by atoms with Crippen LogP contribution in [0, 0.1) is 5.82 Å². The van der Waals surface area contributed by atoms with Gasteiger partial charge in [0, 0.05) is 37.7 Å². The molecule has 1 amide bonds. The molecule has 0 spiro atoms. The number of piperazine rings is 1. The first-order valence-electron chi connectivity index (χ1n) is 8.07. The van der Waals surface area contributed by atoms with E-state index in [0.717, 1.165) is 6.07 Å². The molecule has 0 bridgehead atoms. The van der Waals surface area contributed by atoms with Crippen molar-refractivity contribution in [3.63, 3.8) is 0 Å². The zero-order valence-corrected chi connectivity index (χ0v) is 14.4. The van der Waals surface area contributed by atoms with Crippen molar-refractivity contribution in [1.29, 1.82) is 0 Å². The Hall–Kier alpha value is -1.17. The second-order valence-corrected chi connectivity index (χ2v) is 6.56. The quantitative estimate of drug-likeness (QED) is 0.894. The molecule has 0 aromatic heterocycles. The molecule has 0 aliphatic carbocycles. The molecule has 1 aromatic carbocycles. The number of β-amino-alcohol motifs (C(OH)–C–C–N with tert-alkyl or cyclic N) is 1.